The molecule has 1 amide bonds. The molecule has 4 rings (SSSR count). The summed E-state index contributed by atoms with van der Waals surface area (Å²) in [5.41, 5.74) is 2.78. The second kappa shape index (κ2) is 8.11. The van der Waals surface area contributed by atoms with E-state index in [0.717, 1.165) is 5.56 Å². The van der Waals surface area contributed by atoms with Crippen molar-refractivity contribution in [1.29, 1.82) is 0 Å². The Morgan fingerprint density at radius 2 is 1.97 bits per heavy atom. The van der Waals surface area contributed by atoms with Gasteiger partial charge >= 0.3 is 0 Å². The maximum absolute atomic E-state index is 12.7. The van der Waals surface area contributed by atoms with Crippen molar-refractivity contribution in [2.45, 2.75) is 6.42 Å². The lowest BCUT2D eigenvalue weighted by Gasteiger charge is -2.07. The standard InChI is InChI=1S/C21H16Cl2N4O2/c22-13-5-6-14(16(23)11-13)19-26-18-15(8-10-24-20(18)27-19)21(29)25-9-7-12-3-1-2-4-17(12)28/h1-6,8,10-11,28H,7,9H2,(H,25,29)(H,24,26,27). The molecule has 0 saturated carbocycles. The maximum Gasteiger partial charge on any atom is 0.253 e. The summed E-state index contributed by atoms with van der Waals surface area (Å²) in [5.74, 6) is 0.446. The highest BCUT2D eigenvalue weighted by Crippen LogP contribution is 2.30. The number of H-pyrrole nitrogens is 1. The van der Waals surface area contributed by atoms with Crippen molar-refractivity contribution in [1.82, 2.24) is 20.3 Å². The van der Waals surface area contributed by atoms with Gasteiger partial charge in [0.15, 0.2) is 5.65 Å². The predicted molar refractivity (Wildman–Crippen MR) is 113 cm³/mol. The first-order valence-electron chi connectivity index (χ1n) is 8.88. The van der Waals surface area contributed by atoms with E-state index >= 15 is 0 Å². The van der Waals surface area contributed by atoms with E-state index in [-0.39, 0.29) is 11.7 Å². The third-order valence-electron chi connectivity index (χ3n) is 4.49. The zero-order valence-electron chi connectivity index (χ0n) is 15.1. The summed E-state index contributed by atoms with van der Waals surface area (Å²) in [6.45, 7) is 0.376. The fourth-order valence-electron chi connectivity index (χ4n) is 3.03. The van der Waals surface area contributed by atoms with Gasteiger partial charge in [-0.3, -0.25) is 4.79 Å². The Morgan fingerprint density at radius 1 is 1.14 bits per heavy atom. The van der Waals surface area contributed by atoms with Gasteiger partial charge < -0.3 is 15.4 Å². The van der Waals surface area contributed by atoms with Crippen LogP contribution in [-0.2, 0) is 6.42 Å². The highest BCUT2D eigenvalue weighted by molar-refractivity contribution is 6.36. The van der Waals surface area contributed by atoms with Crippen LogP contribution in [0.1, 0.15) is 15.9 Å². The Labute approximate surface area is 176 Å². The number of phenolic OH excluding ortho intramolecular Hbond substituents is 1. The molecule has 0 aliphatic carbocycles. The summed E-state index contributed by atoms with van der Waals surface area (Å²) in [7, 11) is 0. The number of pyridine rings is 1. The van der Waals surface area contributed by atoms with Crippen LogP contribution in [0, 0.1) is 0 Å². The van der Waals surface area contributed by atoms with E-state index < -0.39 is 0 Å². The van der Waals surface area contributed by atoms with E-state index in [4.69, 9.17) is 23.2 Å². The van der Waals surface area contributed by atoms with E-state index in [0.29, 0.717) is 51.1 Å². The smallest absolute Gasteiger partial charge is 0.253 e. The molecule has 0 aliphatic heterocycles. The first-order valence-corrected chi connectivity index (χ1v) is 9.64. The molecule has 0 bridgehead atoms. The van der Waals surface area contributed by atoms with E-state index in [1.807, 2.05) is 12.1 Å². The molecular weight excluding hydrogens is 411 g/mol. The molecule has 0 fully saturated rings. The zero-order chi connectivity index (χ0) is 20.4. The zero-order valence-corrected chi connectivity index (χ0v) is 16.6. The third kappa shape index (κ3) is 4.04. The highest BCUT2D eigenvalue weighted by atomic mass is 35.5. The SMILES string of the molecule is O=C(NCCc1ccccc1O)c1ccnc2[nH]c(-c3ccc(Cl)cc3Cl)nc12. The fraction of sp³-hybridized carbons (Fsp3) is 0.0952. The molecule has 0 saturated heterocycles. The van der Waals surface area contributed by atoms with E-state index in [1.54, 1.807) is 42.6 Å². The van der Waals surface area contributed by atoms with Crippen LogP contribution >= 0.6 is 23.2 Å². The van der Waals surface area contributed by atoms with Crippen molar-refractivity contribution in [3.63, 3.8) is 0 Å². The number of para-hydroxylation sites is 1. The minimum Gasteiger partial charge on any atom is -0.508 e. The Morgan fingerprint density at radius 3 is 2.76 bits per heavy atom. The van der Waals surface area contributed by atoms with Crippen LogP contribution in [0.4, 0.5) is 0 Å². The van der Waals surface area contributed by atoms with Crippen molar-refractivity contribution in [3.05, 3.63) is 75.9 Å². The lowest BCUT2D eigenvalue weighted by atomic mass is 10.1. The largest absolute Gasteiger partial charge is 0.508 e. The van der Waals surface area contributed by atoms with Gasteiger partial charge in [-0.2, -0.15) is 0 Å². The molecule has 0 spiro atoms. The van der Waals surface area contributed by atoms with Gasteiger partial charge in [0.1, 0.15) is 17.1 Å². The molecule has 146 valence electrons. The molecule has 4 aromatic rings. The third-order valence-corrected chi connectivity index (χ3v) is 5.03. The summed E-state index contributed by atoms with van der Waals surface area (Å²) in [4.78, 5) is 24.6. The Kier molecular flexibility index (Phi) is 5.38. The number of imidazole rings is 1. The number of benzene rings is 2. The van der Waals surface area contributed by atoms with Crippen molar-refractivity contribution in [2.75, 3.05) is 6.54 Å². The number of phenols is 1. The summed E-state index contributed by atoms with van der Waals surface area (Å²) in [5, 5.41) is 13.7. The first kappa shape index (κ1) is 19.2. The minimum absolute atomic E-state index is 0.213. The maximum atomic E-state index is 12.7. The van der Waals surface area contributed by atoms with Gasteiger partial charge in [0.05, 0.1) is 10.6 Å². The van der Waals surface area contributed by atoms with Crippen molar-refractivity contribution in [2.24, 2.45) is 0 Å². The summed E-state index contributed by atoms with van der Waals surface area (Å²) in [6, 6.07) is 13.8. The van der Waals surface area contributed by atoms with E-state index in [9.17, 15) is 9.90 Å². The molecule has 6 nitrogen and oxygen atoms in total. The van der Waals surface area contributed by atoms with Gasteiger partial charge in [-0.15, -0.1) is 0 Å². The molecule has 2 aromatic carbocycles. The molecule has 2 heterocycles. The van der Waals surface area contributed by atoms with Gasteiger partial charge in [0.25, 0.3) is 5.91 Å². The number of halogens is 2. The van der Waals surface area contributed by atoms with Crippen molar-refractivity contribution in [3.8, 4) is 17.1 Å². The number of rotatable bonds is 5. The number of aromatic nitrogens is 3. The predicted octanol–water partition coefficient (Wildman–Crippen LogP) is 4.61. The second-order valence-corrected chi connectivity index (χ2v) is 7.24. The average molecular weight is 427 g/mol. The average Bonchev–Trinajstić information content (AvgIpc) is 3.13. The Hall–Kier alpha value is -3.09. The number of nitrogens with zero attached hydrogens (tertiary/aromatic N) is 2. The van der Waals surface area contributed by atoms with E-state index in [1.165, 1.54) is 0 Å². The number of amides is 1. The fourth-order valence-corrected chi connectivity index (χ4v) is 3.53. The van der Waals surface area contributed by atoms with Crippen molar-refractivity contribution < 1.29 is 9.90 Å². The Balaban J connectivity index is 1.56. The van der Waals surface area contributed by atoms with E-state index in [2.05, 4.69) is 20.3 Å². The molecule has 0 atom stereocenters. The number of aromatic hydroxyl groups is 1. The monoisotopic (exact) mass is 426 g/mol. The molecule has 3 N–H and O–H groups in total. The van der Waals surface area contributed by atoms with Crippen LogP contribution in [0.15, 0.2) is 54.7 Å². The van der Waals surface area contributed by atoms with Crippen LogP contribution in [0.5, 0.6) is 5.75 Å². The van der Waals surface area contributed by atoms with Crippen LogP contribution < -0.4 is 5.32 Å². The number of fused-ring (bicyclic) bond motifs is 1. The number of nitrogens with one attached hydrogen (secondary N) is 2. The summed E-state index contributed by atoms with van der Waals surface area (Å²) in [6.07, 6.45) is 2.06. The molecule has 0 aliphatic rings. The summed E-state index contributed by atoms with van der Waals surface area (Å²) >= 11 is 12.2. The number of aromatic amines is 1. The highest BCUT2D eigenvalue weighted by Gasteiger charge is 2.16. The van der Waals surface area contributed by atoms with Gasteiger partial charge in [-0.05, 0) is 42.3 Å². The van der Waals surface area contributed by atoms with Gasteiger partial charge in [0, 0.05) is 23.3 Å². The lowest BCUT2D eigenvalue weighted by molar-refractivity contribution is 0.0955. The van der Waals surface area contributed by atoms with Gasteiger partial charge in [0.2, 0.25) is 0 Å². The van der Waals surface area contributed by atoms with Gasteiger partial charge in [-0.25, -0.2) is 9.97 Å². The first-order chi connectivity index (χ1) is 14.0. The molecule has 8 heteroatoms. The topological polar surface area (TPSA) is 90.9 Å². The Bertz CT molecular complexity index is 1210. The van der Waals surface area contributed by atoms with Crippen molar-refractivity contribution >= 4 is 40.3 Å². The molecule has 2 aromatic heterocycles. The lowest BCUT2D eigenvalue weighted by Crippen LogP contribution is -2.26. The number of hydrogen-bond acceptors (Lipinski definition) is 4. The normalized spacial score (nSPS) is 11.0. The van der Waals surface area contributed by atoms with Crippen LogP contribution in [0.2, 0.25) is 10.0 Å². The number of carbonyl (C=O) groups is 1. The number of hydrogen-bond donors (Lipinski definition) is 3. The van der Waals surface area contributed by atoms with Crippen LogP contribution in [0.3, 0.4) is 0 Å². The van der Waals surface area contributed by atoms with Crippen LogP contribution in [0.25, 0.3) is 22.6 Å². The van der Waals surface area contributed by atoms with Crippen LogP contribution in [-0.4, -0.2) is 32.5 Å². The molecule has 29 heavy (non-hydrogen) atoms. The summed E-state index contributed by atoms with van der Waals surface area (Å²) < 4.78 is 0. The quantitative estimate of drug-likeness (QED) is 0.434. The second-order valence-electron chi connectivity index (χ2n) is 6.40. The van der Waals surface area contributed by atoms with Gasteiger partial charge in [-0.1, -0.05) is 41.4 Å². The molecule has 0 unspecified atom stereocenters. The molecular formula is C21H16Cl2N4O2. The molecule has 0 radical (unpaired) electrons. The number of carbonyl (C=O) groups excluding carboxylic acids is 1. The minimum atomic E-state index is -0.270.